The highest BCUT2D eigenvalue weighted by Gasteiger charge is 1.95. The van der Waals surface area contributed by atoms with Gasteiger partial charge >= 0.3 is 0 Å². The van der Waals surface area contributed by atoms with Gasteiger partial charge in [-0.3, -0.25) is 0 Å². The molecule has 2 nitrogen and oxygen atoms in total. The lowest BCUT2D eigenvalue weighted by Crippen LogP contribution is -1.98. The highest BCUT2D eigenvalue weighted by atomic mass is 28.1. The van der Waals surface area contributed by atoms with Crippen LogP contribution >= 0.6 is 0 Å². The SMILES string of the molecule is COC(OC[Si])=C(C)C. The molecule has 0 aromatic rings. The maximum absolute atomic E-state index is 5.02. The predicted molar refractivity (Wildman–Crippen MR) is 37.1 cm³/mol. The molecule has 0 saturated carbocycles. The minimum atomic E-state index is 0.467. The van der Waals surface area contributed by atoms with E-state index < -0.39 is 0 Å². The molecule has 0 aliphatic heterocycles. The van der Waals surface area contributed by atoms with Crippen molar-refractivity contribution in [3.63, 3.8) is 0 Å². The van der Waals surface area contributed by atoms with Gasteiger partial charge < -0.3 is 9.47 Å². The van der Waals surface area contributed by atoms with Crippen molar-refractivity contribution >= 4 is 10.2 Å². The van der Waals surface area contributed by atoms with Gasteiger partial charge in [-0.05, 0) is 13.8 Å². The molecule has 0 N–H and O–H groups in total. The third-order valence-electron chi connectivity index (χ3n) is 0.797. The number of methoxy groups -OCH3 is 1. The van der Waals surface area contributed by atoms with E-state index in [1.807, 2.05) is 13.8 Å². The van der Waals surface area contributed by atoms with E-state index >= 15 is 0 Å². The maximum atomic E-state index is 5.02. The zero-order valence-electron chi connectivity index (χ0n) is 6.02. The van der Waals surface area contributed by atoms with Gasteiger partial charge in [0.15, 0.2) is 0 Å². The first kappa shape index (κ1) is 8.56. The zero-order valence-corrected chi connectivity index (χ0v) is 7.02. The number of rotatable bonds is 3. The van der Waals surface area contributed by atoms with Crippen LogP contribution in [-0.2, 0) is 9.47 Å². The molecule has 0 aliphatic carbocycles. The topological polar surface area (TPSA) is 18.5 Å². The molecule has 0 spiro atoms. The van der Waals surface area contributed by atoms with Gasteiger partial charge in [-0.2, -0.15) is 0 Å². The molecule has 9 heavy (non-hydrogen) atoms. The Bertz CT molecular complexity index is 106. The van der Waals surface area contributed by atoms with Crippen LogP contribution in [0, 0.1) is 0 Å². The van der Waals surface area contributed by atoms with Crippen molar-refractivity contribution in [1.29, 1.82) is 0 Å². The van der Waals surface area contributed by atoms with Gasteiger partial charge in [0.05, 0.1) is 23.6 Å². The molecule has 51 valence electrons. The van der Waals surface area contributed by atoms with Crippen LogP contribution in [0.25, 0.3) is 0 Å². The van der Waals surface area contributed by atoms with Crippen molar-refractivity contribution in [2.45, 2.75) is 13.8 Å². The van der Waals surface area contributed by atoms with Gasteiger partial charge in [0, 0.05) is 5.57 Å². The van der Waals surface area contributed by atoms with Crippen molar-refractivity contribution in [3.05, 3.63) is 11.5 Å². The van der Waals surface area contributed by atoms with Gasteiger partial charge in [0.25, 0.3) is 5.95 Å². The van der Waals surface area contributed by atoms with E-state index in [4.69, 9.17) is 9.47 Å². The molecular formula is C6H11O2Si. The van der Waals surface area contributed by atoms with Crippen molar-refractivity contribution in [1.82, 2.24) is 0 Å². The Morgan fingerprint density at radius 2 is 2.00 bits per heavy atom. The molecule has 0 fully saturated rings. The second-order valence-corrected chi connectivity index (χ2v) is 2.07. The smallest absolute Gasteiger partial charge is 0.277 e. The highest BCUT2D eigenvalue weighted by molar-refractivity contribution is 6.08. The van der Waals surface area contributed by atoms with Gasteiger partial charge in [0.1, 0.15) is 0 Å². The summed E-state index contributed by atoms with van der Waals surface area (Å²) in [4.78, 5) is 0. The van der Waals surface area contributed by atoms with Crippen molar-refractivity contribution in [3.8, 4) is 0 Å². The maximum Gasteiger partial charge on any atom is 0.277 e. The van der Waals surface area contributed by atoms with Crippen molar-refractivity contribution in [2.24, 2.45) is 0 Å². The highest BCUT2D eigenvalue weighted by Crippen LogP contribution is 2.03. The predicted octanol–water partition coefficient (Wildman–Crippen LogP) is 1.03. The summed E-state index contributed by atoms with van der Waals surface area (Å²) < 4.78 is 9.90. The number of hydrogen-bond donors (Lipinski definition) is 0. The fourth-order valence-electron chi connectivity index (χ4n) is 0.473. The van der Waals surface area contributed by atoms with Crippen LogP contribution in [-0.4, -0.2) is 23.6 Å². The normalized spacial score (nSPS) is 8.44. The van der Waals surface area contributed by atoms with Crippen LogP contribution < -0.4 is 0 Å². The Morgan fingerprint density at radius 3 is 2.11 bits per heavy atom. The van der Waals surface area contributed by atoms with Crippen molar-refractivity contribution in [2.75, 3.05) is 13.3 Å². The van der Waals surface area contributed by atoms with Gasteiger partial charge in [-0.25, -0.2) is 0 Å². The summed E-state index contributed by atoms with van der Waals surface area (Å²) in [5.41, 5.74) is 1.04. The lowest BCUT2D eigenvalue weighted by atomic mass is 10.4. The number of hydrogen-bond acceptors (Lipinski definition) is 2. The first-order chi connectivity index (χ1) is 4.22. The molecular weight excluding hydrogens is 132 g/mol. The molecule has 0 saturated heterocycles. The van der Waals surface area contributed by atoms with Crippen LogP contribution in [0.3, 0.4) is 0 Å². The fraction of sp³-hybridized carbons (Fsp3) is 0.667. The monoisotopic (exact) mass is 143 g/mol. The third kappa shape index (κ3) is 3.19. The first-order valence-electron chi connectivity index (χ1n) is 2.71. The molecule has 0 atom stereocenters. The zero-order chi connectivity index (χ0) is 7.28. The Balaban J connectivity index is 3.83. The lowest BCUT2D eigenvalue weighted by molar-refractivity contribution is 0.0810. The summed E-state index contributed by atoms with van der Waals surface area (Å²) in [6, 6.07) is 0. The Morgan fingerprint density at radius 1 is 1.44 bits per heavy atom. The molecule has 0 aromatic heterocycles. The average Bonchev–Trinajstić information content (AvgIpc) is 1.82. The Labute approximate surface area is 59.3 Å². The van der Waals surface area contributed by atoms with Gasteiger partial charge in [-0.15, -0.1) is 0 Å². The second kappa shape index (κ2) is 4.44. The van der Waals surface area contributed by atoms with E-state index in [9.17, 15) is 0 Å². The van der Waals surface area contributed by atoms with Crippen LogP contribution in [0.2, 0.25) is 0 Å². The number of ether oxygens (including phenoxy) is 2. The summed E-state index contributed by atoms with van der Waals surface area (Å²) in [5, 5.41) is 0. The fourth-order valence-corrected chi connectivity index (χ4v) is 0.604. The van der Waals surface area contributed by atoms with E-state index in [1.165, 1.54) is 0 Å². The van der Waals surface area contributed by atoms with Gasteiger partial charge in [0.2, 0.25) is 0 Å². The van der Waals surface area contributed by atoms with Crippen molar-refractivity contribution < 1.29 is 9.47 Å². The lowest BCUT2D eigenvalue weighted by Gasteiger charge is -2.07. The van der Waals surface area contributed by atoms with Crippen LogP contribution in [0.15, 0.2) is 11.5 Å². The first-order valence-corrected chi connectivity index (χ1v) is 3.42. The summed E-state index contributed by atoms with van der Waals surface area (Å²) in [6.45, 7) is 3.86. The number of allylic oxidation sites excluding steroid dienone is 1. The Hall–Kier alpha value is -0.443. The van der Waals surface area contributed by atoms with E-state index in [-0.39, 0.29) is 0 Å². The standard InChI is InChI=1S/C6H11O2Si/c1-5(2)6(7-3)8-4-9/h4H2,1-3H3. The molecule has 0 rings (SSSR count). The average molecular weight is 143 g/mol. The van der Waals surface area contributed by atoms with E-state index in [0.717, 1.165) is 5.57 Å². The van der Waals surface area contributed by atoms with Crippen LogP contribution in [0.1, 0.15) is 13.8 Å². The van der Waals surface area contributed by atoms with E-state index in [1.54, 1.807) is 7.11 Å². The molecule has 0 unspecified atom stereocenters. The molecule has 3 heteroatoms. The Kier molecular flexibility index (Phi) is 4.22. The third-order valence-corrected chi connectivity index (χ3v) is 0.941. The molecule has 0 bridgehead atoms. The quantitative estimate of drug-likeness (QED) is 0.434. The van der Waals surface area contributed by atoms with Gasteiger partial charge in [-0.1, -0.05) is 0 Å². The molecule has 0 heterocycles. The minimum Gasteiger partial charge on any atom is -0.470 e. The van der Waals surface area contributed by atoms with E-state index in [2.05, 4.69) is 10.2 Å². The summed E-state index contributed by atoms with van der Waals surface area (Å²) in [7, 11) is 4.75. The summed E-state index contributed by atoms with van der Waals surface area (Å²) in [6.07, 6.45) is 0.467. The molecule has 0 aromatic carbocycles. The second-order valence-electron chi connectivity index (χ2n) is 1.78. The van der Waals surface area contributed by atoms with Crippen LogP contribution in [0.4, 0.5) is 0 Å². The van der Waals surface area contributed by atoms with Crippen LogP contribution in [0.5, 0.6) is 0 Å². The largest absolute Gasteiger partial charge is 0.470 e. The molecule has 0 aliphatic rings. The minimum absolute atomic E-state index is 0.467. The summed E-state index contributed by atoms with van der Waals surface area (Å²) >= 11 is 0. The summed E-state index contributed by atoms with van der Waals surface area (Å²) in [5.74, 6) is 0.588. The molecule has 0 amide bonds. The molecule has 3 radical (unpaired) electrons. The van der Waals surface area contributed by atoms with E-state index in [0.29, 0.717) is 12.2 Å².